The van der Waals surface area contributed by atoms with Crippen molar-refractivity contribution in [3.8, 4) is 11.5 Å². The van der Waals surface area contributed by atoms with Crippen molar-refractivity contribution >= 4 is 11.5 Å². The number of carbonyl (C=O) groups is 1. The molecule has 1 unspecified atom stereocenters. The molecule has 0 heterocycles. The minimum Gasteiger partial charge on any atom is -0.454 e. The van der Waals surface area contributed by atoms with E-state index in [0.717, 1.165) is 0 Å². The van der Waals surface area contributed by atoms with Gasteiger partial charge in [0.15, 0.2) is 11.5 Å². The first kappa shape index (κ1) is 15.8. The Morgan fingerprint density at radius 1 is 0.875 bits per heavy atom. The van der Waals surface area contributed by atoms with E-state index in [1.807, 2.05) is 24.3 Å². The molecule has 0 bridgehead atoms. The van der Waals surface area contributed by atoms with Crippen LogP contribution in [0.1, 0.15) is 22.0 Å². The lowest BCUT2D eigenvalue weighted by molar-refractivity contribution is 0.0745. The van der Waals surface area contributed by atoms with Gasteiger partial charge in [-0.2, -0.15) is 0 Å². The summed E-state index contributed by atoms with van der Waals surface area (Å²) in [5.41, 5.74) is 7.09. The third kappa shape index (κ3) is 3.29. The zero-order valence-corrected chi connectivity index (χ0v) is 12.9. The second-order valence-electron chi connectivity index (χ2n) is 5.32. The highest BCUT2D eigenvalue weighted by atomic mass is 16.5. The summed E-state index contributed by atoms with van der Waals surface area (Å²) in [4.78, 5) is 12.7. The van der Waals surface area contributed by atoms with Crippen molar-refractivity contribution in [2.75, 3.05) is 5.73 Å². The van der Waals surface area contributed by atoms with Crippen LogP contribution < -0.4 is 10.5 Å². The van der Waals surface area contributed by atoms with Crippen molar-refractivity contribution < 1.29 is 14.6 Å². The van der Waals surface area contributed by atoms with Gasteiger partial charge in [-0.15, -0.1) is 0 Å². The molecule has 120 valence electrons. The average molecular weight is 319 g/mol. The number of ketones is 1. The second kappa shape index (κ2) is 6.98. The Morgan fingerprint density at radius 3 is 2.17 bits per heavy atom. The first-order chi connectivity index (χ1) is 11.7. The summed E-state index contributed by atoms with van der Waals surface area (Å²) in [6.45, 7) is 0. The molecule has 3 rings (SSSR count). The quantitative estimate of drug-likeness (QED) is 0.551. The van der Waals surface area contributed by atoms with Crippen LogP contribution in [0.15, 0.2) is 78.9 Å². The van der Waals surface area contributed by atoms with Gasteiger partial charge in [-0.1, -0.05) is 54.6 Å². The van der Waals surface area contributed by atoms with Gasteiger partial charge in [0, 0.05) is 0 Å². The molecule has 0 spiro atoms. The summed E-state index contributed by atoms with van der Waals surface area (Å²) in [5.74, 6) is 0.363. The zero-order chi connectivity index (χ0) is 16.9. The number of para-hydroxylation sites is 2. The Balaban J connectivity index is 1.96. The minimum absolute atomic E-state index is 0.246. The first-order valence-corrected chi connectivity index (χ1v) is 7.55. The molecular weight excluding hydrogens is 302 g/mol. The molecule has 0 radical (unpaired) electrons. The van der Waals surface area contributed by atoms with Crippen LogP contribution in [-0.4, -0.2) is 10.9 Å². The van der Waals surface area contributed by atoms with Crippen molar-refractivity contribution in [3.05, 3.63) is 90.0 Å². The number of hydrogen-bond donors (Lipinski definition) is 2. The van der Waals surface area contributed by atoms with E-state index < -0.39 is 11.9 Å². The molecule has 4 nitrogen and oxygen atoms in total. The van der Waals surface area contributed by atoms with Crippen molar-refractivity contribution in [2.45, 2.75) is 6.10 Å². The molecule has 24 heavy (non-hydrogen) atoms. The Bertz CT molecular complexity index is 832. The Kier molecular flexibility index (Phi) is 4.59. The number of carbonyl (C=O) groups excluding carboxylic acids is 1. The van der Waals surface area contributed by atoms with Crippen LogP contribution in [0.2, 0.25) is 0 Å². The van der Waals surface area contributed by atoms with Gasteiger partial charge >= 0.3 is 0 Å². The number of Topliss-reactive ketones (excluding diaryl/α,β-unsaturated/α-hetero) is 1. The number of nitrogen functional groups attached to an aromatic ring is 1. The molecule has 1 atom stereocenters. The van der Waals surface area contributed by atoms with E-state index >= 15 is 0 Å². The van der Waals surface area contributed by atoms with Crippen LogP contribution in [-0.2, 0) is 0 Å². The van der Waals surface area contributed by atoms with E-state index in [2.05, 4.69) is 0 Å². The van der Waals surface area contributed by atoms with Crippen molar-refractivity contribution in [2.24, 2.45) is 0 Å². The molecule has 0 saturated carbocycles. The molecule has 0 aliphatic heterocycles. The van der Waals surface area contributed by atoms with E-state index in [0.29, 0.717) is 17.0 Å². The van der Waals surface area contributed by atoms with E-state index in [1.54, 1.807) is 54.6 Å². The average Bonchev–Trinajstić information content (AvgIpc) is 2.64. The maximum atomic E-state index is 12.7. The van der Waals surface area contributed by atoms with Gasteiger partial charge in [-0.25, -0.2) is 0 Å². The summed E-state index contributed by atoms with van der Waals surface area (Å²) < 4.78 is 5.79. The summed E-state index contributed by atoms with van der Waals surface area (Å²) in [6, 6.07) is 22.8. The van der Waals surface area contributed by atoms with Gasteiger partial charge in [-0.05, 0) is 29.8 Å². The smallest absolute Gasteiger partial charge is 0.199 e. The van der Waals surface area contributed by atoms with E-state index in [9.17, 15) is 9.90 Å². The molecule has 3 N–H and O–H groups in total. The number of ether oxygens (including phenoxy) is 1. The zero-order valence-electron chi connectivity index (χ0n) is 12.9. The highest BCUT2D eigenvalue weighted by Gasteiger charge is 2.24. The number of benzene rings is 3. The monoisotopic (exact) mass is 319 g/mol. The Hall–Kier alpha value is -3.11. The van der Waals surface area contributed by atoms with E-state index in [4.69, 9.17) is 10.5 Å². The SMILES string of the molecule is Nc1cccc(C(=O)C(O)c2ccccc2)c1Oc1ccccc1. The Labute approximate surface area is 140 Å². The summed E-state index contributed by atoms with van der Waals surface area (Å²) in [5, 5.41) is 10.4. The third-order valence-electron chi connectivity index (χ3n) is 3.64. The van der Waals surface area contributed by atoms with E-state index in [1.165, 1.54) is 0 Å². The van der Waals surface area contributed by atoms with Gasteiger partial charge in [0.1, 0.15) is 11.9 Å². The van der Waals surface area contributed by atoms with Crippen LogP contribution in [0.5, 0.6) is 11.5 Å². The van der Waals surface area contributed by atoms with Crippen LogP contribution in [0.25, 0.3) is 0 Å². The number of nitrogens with two attached hydrogens (primary N) is 1. The fourth-order valence-electron chi connectivity index (χ4n) is 2.40. The molecule has 0 amide bonds. The first-order valence-electron chi connectivity index (χ1n) is 7.55. The van der Waals surface area contributed by atoms with Gasteiger partial charge in [0.2, 0.25) is 0 Å². The lowest BCUT2D eigenvalue weighted by Crippen LogP contribution is -2.14. The van der Waals surface area contributed by atoms with Gasteiger partial charge < -0.3 is 15.6 Å². The van der Waals surface area contributed by atoms with Crippen molar-refractivity contribution in [3.63, 3.8) is 0 Å². The minimum atomic E-state index is -1.27. The normalized spacial score (nSPS) is 11.7. The maximum absolute atomic E-state index is 12.7. The molecule has 0 fully saturated rings. The molecule has 0 aromatic heterocycles. The van der Waals surface area contributed by atoms with E-state index in [-0.39, 0.29) is 11.3 Å². The van der Waals surface area contributed by atoms with Gasteiger partial charge in [0.25, 0.3) is 0 Å². The summed E-state index contributed by atoms with van der Waals surface area (Å²) >= 11 is 0. The van der Waals surface area contributed by atoms with Crippen molar-refractivity contribution in [1.29, 1.82) is 0 Å². The largest absolute Gasteiger partial charge is 0.454 e. The molecular formula is C20H17NO3. The highest BCUT2D eigenvalue weighted by molar-refractivity contribution is 6.03. The number of aliphatic hydroxyl groups is 1. The lowest BCUT2D eigenvalue weighted by atomic mass is 9.99. The highest BCUT2D eigenvalue weighted by Crippen LogP contribution is 2.33. The van der Waals surface area contributed by atoms with Crippen molar-refractivity contribution in [1.82, 2.24) is 0 Å². The predicted octanol–water partition coefficient (Wildman–Crippen LogP) is 3.98. The molecule has 4 heteroatoms. The number of aliphatic hydroxyl groups excluding tert-OH is 1. The second-order valence-corrected chi connectivity index (χ2v) is 5.32. The Morgan fingerprint density at radius 2 is 1.50 bits per heavy atom. The van der Waals surface area contributed by atoms with Crippen LogP contribution in [0.3, 0.4) is 0 Å². The molecule has 0 aliphatic rings. The molecule has 3 aromatic rings. The van der Waals surface area contributed by atoms with Gasteiger partial charge in [-0.3, -0.25) is 4.79 Å². The fraction of sp³-hybridized carbons (Fsp3) is 0.0500. The maximum Gasteiger partial charge on any atom is 0.199 e. The number of anilines is 1. The summed E-state index contributed by atoms with van der Waals surface area (Å²) in [7, 11) is 0. The molecule has 0 aliphatic carbocycles. The van der Waals surface area contributed by atoms with Gasteiger partial charge in [0.05, 0.1) is 11.3 Å². The number of rotatable bonds is 5. The standard InChI is InChI=1S/C20H17NO3/c21-17-13-7-12-16(20(17)24-15-10-5-2-6-11-15)19(23)18(22)14-8-3-1-4-9-14/h1-13,18,22H,21H2. The molecule has 0 saturated heterocycles. The predicted molar refractivity (Wildman–Crippen MR) is 93.1 cm³/mol. The summed E-state index contributed by atoms with van der Waals surface area (Å²) in [6.07, 6.45) is -1.27. The van der Waals surface area contributed by atoms with Crippen LogP contribution in [0.4, 0.5) is 5.69 Å². The fourth-order valence-corrected chi connectivity index (χ4v) is 2.40. The lowest BCUT2D eigenvalue weighted by Gasteiger charge is -2.15. The van der Waals surface area contributed by atoms with Crippen LogP contribution in [0, 0.1) is 0 Å². The van der Waals surface area contributed by atoms with Crippen LogP contribution >= 0.6 is 0 Å². The topological polar surface area (TPSA) is 72.6 Å². The third-order valence-corrected chi connectivity index (χ3v) is 3.64. The number of hydrogen-bond acceptors (Lipinski definition) is 4. The molecule has 3 aromatic carbocycles.